The monoisotopic (exact) mass is 312 g/mol. The maximum atomic E-state index is 12.5. The molecule has 0 bridgehead atoms. The summed E-state index contributed by atoms with van der Waals surface area (Å²) in [4.78, 5) is 14.6. The Labute approximate surface area is 123 Å². The van der Waals surface area contributed by atoms with Crippen molar-refractivity contribution < 1.29 is 27.8 Å². The summed E-state index contributed by atoms with van der Waals surface area (Å²) in [7, 11) is 0. The van der Waals surface area contributed by atoms with E-state index in [0.29, 0.717) is 17.8 Å². The molecule has 2 aromatic rings. The largest absolute Gasteiger partial charge is 0.504 e. The molecule has 0 aliphatic heterocycles. The molecule has 5 nitrogen and oxygen atoms in total. The molecule has 2 N–H and O–H groups in total. The number of carbonyl (C=O) groups is 1. The Morgan fingerprint density at radius 3 is 2.59 bits per heavy atom. The van der Waals surface area contributed by atoms with E-state index in [9.17, 15) is 23.1 Å². The summed E-state index contributed by atoms with van der Waals surface area (Å²) in [5.41, 5.74) is -0.948. The number of alkyl halides is 3. The van der Waals surface area contributed by atoms with Crippen LogP contribution in [-0.2, 0) is 17.5 Å². The van der Waals surface area contributed by atoms with Crippen molar-refractivity contribution in [1.29, 1.82) is 0 Å². The number of amides is 1. The molecule has 0 aliphatic rings. The lowest BCUT2D eigenvalue weighted by molar-refractivity contribution is -0.141. The highest BCUT2D eigenvalue weighted by Crippen LogP contribution is 2.32. The molecule has 2 rings (SSSR count). The number of hydrogen-bond donors (Lipinski definition) is 2. The maximum Gasteiger partial charge on any atom is 0.433 e. The van der Waals surface area contributed by atoms with Crippen LogP contribution in [0.3, 0.4) is 0 Å². The number of pyridine rings is 1. The fourth-order valence-electron chi connectivity index (χ4n) is 1.57. The average Bonchev–Trinajstić information content (AvgIpc) is 2.47. The van der Waals surface area contributed by atoms with Crippen LogP contribution in [0.5, 0.6) is 5.75 Å². The minimum atomic E-state index is -4.68. The van der Waals surface area contributed by atoms with Crippen LogP contribution in [0, 0.1) is 0 Å². The first-order chi connectivity index (χ1) is 10.4. The molecule has 1 amide bonds. The van der Waals surface area contributed by atoms with Gasteiger partial charge in [-0.05, 0) is 11.6 Å². The van der Waals surface area contributed by atoms with Gasteiger partial charge in [0.25, 0.3) is 0 Å². The number of benzene rings is 1. The van der Waals surface area contributed by atoms with Crippen molar-refractivity contribution in [3.8, 4) is 5.75 Å². The SMILES string of the molecule is O=C(Nc1cc(C(F)(F)F)ncc1O)OCc1ccccc1. The summed E-state index contributed by atoms with van der Waals surface area (Å²) in [6, 6.07) is 9.26. The lowest BCUT2D eigenvalue weighted by Crippen LogP contribution is -2.15. The van der Waals surface area contributed by atoms with E-state index in [1.165, 1.54) is 0 Å². The second-order valence-corrected chi connectivity index (χ2v) is 4.27. The van der Waals surface area contributed by atoms with Gasteiger partial charge < -0.3 is 9.84 Å². The molecule has 0 saturated carbocycles. The van der Waals surface area contributed by atoms with Gasteiger partial charge in [-0.25, -0.2) is 9.78 Å². The Morgan fingerprint density at radius 1 is 1.27 bits per heavy atom. The van der Waals surface area contributed by atoms with Gasteiger partial charge in [0.05, 0.1) is 11.9 Å². The van der Waals surface area contributed by atoms with Crippen molar-refractivity contribution in [3.63, 3.8) is 0 Å². The van der Waals surface area contributed by atoms with Crippen molar-refractivity contribution in [1.82, 2.24) is 4.98 Å². The van der Waals surface area contributed by atoms with E-state index in [-0.39, 0.29) is 6.61 Å². The topological polar surface area (TPSA) is 71.5 Å². The predicted molar refractivity (Wildman–Crippen MR) is 71.2 cm³/mol. The number of anilines is 1. The summed E-state index contributed by atoms with van der Waals surface area (Å²) in [5, 5.41) is 11.5. The van der Waals surface area contributed by atoms with E-state index in [0.717, 1.165) is 0 Å². The molecule has 1 aromatic carbocycles. The van der Waals surface area contributed by atoms with Crippen molar-refractivity contribution in [3.05, 3.63) is 53.9 Å². The van der Waals surface area contributed by atoms with E-state index >= 15 is 0 Å². The van der Waals surface area contributed by atoms with Crippen LogP contribution in [0.2, 0.25) is 0 Å². The summed E-state index contributed by atoms with van der Waals surface area (Å²) in [6.45, 7) is -0.0509. The average molecular weight is 312 g/mol. The molecule has 0 aliphatic carbocycles. The van der Waals surface area contributed by atoms with Gasteiger partial charge in [-0.15, -0.1) is 0 Å². The first-order valence-corrected chi connectivity index (χ1v) is 6.10. The molecule has 0 saturated heterocycles. The third-order valence-corrected chi connectivity index (χ3v) is 2.62. The number of aromatic nitrogens is 1. The number of hydrogen-bond acceptors (Lipinski definition) is 4. The van der Waals surface area contributed by atoms with Crippen molar-refractivity contribution >= 4 is 11.8 Å². The summed E-state index contributed by atoms with van der Waals surface area (Å²) < 4.78 is 42.4. The Morgan fingerprint density at radius 2 is 1.95 bits per heavy atom. The molecular formula is C14H11F3N2O3. The standard InChI is InChI=1S/C14H11F3N2O3/c15-14(16,17)12-6-10(11(20)7-18-12)19-13(21)22-8-9-4-2-1-3-5-9/h1-7,20H,8H2,(H,18,19,21). The first kappa shape index (κ1) is 15.6. The highest BCUT2D eigenvalue weighted by atomic mass is 19.4. The third kappa shape index (κ3) is 4.11. The molecule has 0 fully saturated rings. The number of halogens is 3. The van der Waals surface area contributed by atoms with Gasteiger partial charge in [-0.1, -0.05) is 30.3 Å². The molecule has 0 unspecified atom stereocenters. The van der Waals surface area contributed by atoms with Crippen molar-refractivity contribution in [2.45, 2.75) is 12.8 Å². The molecule has 8 heteroatoms. The number of nitrogens with one attached hydrogen (secondary N) is 1. The van der Waals surface area contributed by atoms with E-state index in [1.54, 1.807) is 30.3 Å². The van der Waals surface area contributed by atoms with Gasteiger partial charge >= 0.3 is 12.3 Å². The number of ether oxygens (including phenoxy) is 1. The van der Waals surface area contributed by atoms with Crippen LogP contribution in [-0.4, -0.2) is 16.2 Å². The van der Waals surface area contributed by atoms with Crippen LogP contribution in [0.4, 0.5) is 23.7 Å². The first-order valence-electron chi connectivity index (χ1n) is 6.10. The van der Waals surface area contributed by atoms with Crippen LogP contribution < -0.4 is 5.32 Å². The van der Waals surface area contributed by atoms with Crippen LogP contribution in [0.1, 0.15) is 11.3 Å². The van der Waals surface area contributed by atoms with Crippen LogP contribution >= 0.6 is 0 Å². The predicted octanol–water partition coefficient (Wildman–Crippen LogP) is 3.55. The molecule has 116 valence electrons. The van der Waals surface area contributed by atoms with Crippen LogP contribution in [0.15, 0.2) is 42.6 Å². The third-order valence-electron chi connectivity index (χ3n) is 2.62. The van der Waals surface area contributed by atoms with Crippen molar-refractivity contribution in [2.75, 3.05) is 5.32 Å². The number of nitrogens with zero attached hydrogens (tertiary/aromatic N) is 1. The molecule has 1 heterocycles. The Bertz CT molecular complexity index is 660. The van der Waals surface area contributed by atoms with E-state index in [4.69, 9.17) is 4.74 Å². The Kier molecular flexibility index (Phi) is 4.50. The smallest absolute Gasteiger partial charge is 0.433 e. The molecule has 0 radical (unpaired) electrons. The summed E-state index contributed by atoms with van der Waals surface area (Å²) in [5.74, 6) is -0.593. The van der Waals surface area contributed by atoms with E-state index in [2.05, 4.69) is 4.98 Å². The van der Waals surface area contributed by atoms with Crippen LogP contribution in [0.25, 0.3) is 0 Å². The van der Waals surface area contributed by atoms with E-state index in [1.807, 2.05) is 5.32 Å². The van der Waals surface area contributed by atoms with Gasteiger partial charge in [0.1, 0.15) is 12.3 Å². The normalized spacial score (nSPS) is 11.0. The zero-order chi connectivity index (χ0) is 16.2. The van der Waals surface area contributed by atoms with Gasteiger partial charge in [-0.3, -0.25) is 5.32 Å². The second kappa shape index (κ2) is 6.33. The fourth-order valence-corrected chi connectivity index (χ4v) is 1.57. The lowest BCUT2D eigenvalue weighted by Gasteiger charge is -2.11. The van der Waals surface area contributed by atoms with Crippen molar-refractivity contribution in [2.24, 2.45) is 0 Å². The van der Waals surface area contributed by atoms with Gasteiger partial charge in [0, 0.05) is 0 Å². The molecule has 22 heavy (non-hydrogen) atoms. The molecule has 0 spiro atoms. The summed E-state index contributed by atoms with van der Waals surface area (Å²) >= 11 is 0. The van der Waals surface area contributed by atoms with E-state index < -0.39 is 29.4 Å². The molecule has 1 aromatic heterocycles. The molecular weight excluding hydrogens is 301 g/mol. The summed E-state index contributed by atoms with van der Waals surface area (Å²) in [6.07, 6.45) is -5.06. The fraction of sp³-hybridized carbons (Fsp3) is 0.143. The number of carbonyl (C=O) groups excluding carboxylic acids is 1. The highest BCUT2D eigenvalue weighted by Gasteiger charge is 2.33. The van der Waals surface area contributed by atoms with Gasteiger partial charge in [0.15, 0.2) is 5.75 Å². The highest BCUT2D eigenvalue weighted by molar-refractivity contribution is 5.86. The number of rotatable bonds is 3. The quantitative estimate of drug-likeness (QED) is 0.909. The maximum absolute atomic E-state index is 12.5. The number of aromatic hydroxyl groups is 1. The lowest BCUT2D eigenvalue weighted by atomic mass is 10.2. The zero-order valence-electron chi connectivity index (χ0n) is 11.1. The van der Waals surface area contributed by atoms with Gasteiger partial charge in [-0.2, -0.15) is 13.2 Å². The minimum absolute atomic E-state index is 0.0509. The Hall–Kier alpha value is -2.77. The Balaban J connectivity index is 2.02. The second-order valence-electron chi connectivity index (χ2n) is 4.27. The zero-order valence-corrected chi connectivity index (χ0v) is 11.1. The minimum Gasteiger partial charge on any atom is -0.504 e. The van der Waals surface area contributed by atoms with Gasteiger partial charge in [0.2, 0.25) is 0 Å². The molecule has 0 atom stereocenters.